The maximum absolute atomic E-state index is 12.9. The molecule has 8 nitrogen and oxygen atoms in total. The van der Waals surface area contributed by atoms with E-state index < -0.39 is 35.2 Å². The van der Waals surface area contributed by atoms with E-state index in [0.29, 0.717) is 24.5 Å². The molecule has 2 rings (SSSR count). The van der Waals surface area contributed by atoms with Crippen molar-refractivity contribution in [2.45, 2.75) is 84.7 Å². The van der Waals surface area contributed by atoms with Crippen molar-refractivity contribution < 1.29 is 24.2 Å². The topological polar surface area (TPSA) is 108 Å². The molecule has 3 amide bonds. The Labute approximate surface area is 212 Å². The average molecular weight is 506 g/mol. The molecular formula is C26H36ClN3O5. The molecule has 192 valence electrons. The van der Waals surface area contributed by atoms with Gasteiger partial charge in [-0.15, -0.1) is 0 Å². The van der Waals surface area contributed by atoms with Crippen molar-refractivity contribution in [2.75, 3.05) is 6.54 Å². The van der Waals surface area contributed by atoms with Crippen molar-refractivity contribution in [3.63, 3.8) is 0 Å². The van der Waals surface area contributed by atoms with E-state index >= 15 is 0 Å². The highest BCUT2D eigenvalue weighted by atomic mass is 35.5. The Kier molecular flexibility index (Phi) is 9.73. The maximum atomic E-state index is 12.9. The zero-order valence-electron chi connectivity index (χ0n) is 21.3. The average Bonchev–Trinajstić information content (AvgIpc) is 3.18. The molecule has 0 radical (unpaired) electrons. The molecule has 0 aliphatic carbocycles. The number of imide groups is 1. The number of ether oxygens (including phenoxy) is 1. The Morgan fingerprint density at radius 3 is 2.54 bits per heavy atom. The first-order valence-electron chi connectivity index (χ1n) is 11.8. The van der Waals surface area contributed by atoms with Gasteiger partial charge in [0.05, 0.1) is 6.04 Å². The highest BCUT2D eigenvalue weighted by molar-refractivity contribution is 6.30. The number of benzene rings is 1. The molecule has 9 heteroatoms. The predicted octanol–water partition coefficient (Wildman–Crippen LogP) is 3.38. The predicted molar refractivity (Wildman–Crippen MR) is 134 cm³/mol. The number of carbonyl (C=O) groups excluding carboxylic acids is 3. The third kappa shape index (κ3) is 9.17. The van der Waals surface area contributed by atoms with Crippen molar-refractivity contribution in [3.8, 4) is 11.8 Å². The number of alkyl carbamates (subject to hydrolysis) is 1. The summed E-state index contributed by atoms with van der Waals surface area (Å²) in [7, 11) is 0. The smallest absolute Gasteiger partial charge is 0.407 e. The SMILES string of the molecule is CC(C)C#CC(C)(O)C(=O)NC(=O)[C@@H]1CCCN1Cc1cc(Cl)ccc1CNC(=O)OC(C)(C)C. The molecule has 35 heavy (non-hydrogen) atoms. The molecule has 2 atom stereocenters. The summed E-state index contributed by atoms with van der Waals surface area (Å²) >= 11 is 6.23. The molecule has 1 aromatic rings. The highest BCUT2D eigenvalue weighted by Crippen LogP contribution is 2.24. The van der Waals surface area contributed by atoms with Crippen LogP contribution in [0, 0.1) is 17.8 Å². The molecular weight excluding hydrogens is 470 g/mol. The zero-order valence-corrected chi connectivity index (χ0v) is 22.1. The van der Waals surface area contributed by atoms with Gasteiger partial charge in [0, 0.05) is 24.0 Å². The standard InChI is InChI=1S/C26H36ClN3O5/c1-17(2)11-12-26(6,34)23(32)29-22(31)21-8-7-13-30(21)16-19-14-20(27)10-9-18(19)15-28-24(33)35-25(3,4)5/h9-10,14,17,21,34H,7-8,13,15-16H2,1-6H3,(H,28,33)(H,29,31,32)/t21-,26?/m0/s1. The van der Waals surface area contributed by atoms with E-state index in [1.807, 2.05) is 24.8 Å². The van der Waals surface area contributed by atoms with Crippen molar-refractivity contribution in [1.29, 1.82) is 0 Å². The minimum Gasteiger partial charge on any atom is -0.444 e. The van der Waals surface area contributed by atoms with Crippen LogP contribution in [0.1, 0.15) is 65.5 Å². The van der Waals surface area contributed by atoms with Gasteiger partial charge in [-0.2, -0.15) is 0 Å². The number of hydrogen-bond acceptors (Lipinski definition) is 6. The molecule has 0 saturated carbocycles. The molecule has 1 saturated heterocycles. The number of aliphatic hydroxyl groups is 1. The van der Waals surface area contributed by atoms with Gasteiger partial charge in [0.2, 0.25) is 11.5 Å². The van der Waals surface area contributed by atoms with Crippen LogP contribution in [0.5, 0.6) is 0 Å². The quantitative estimate of drug-likeness (QED) is 0.511. The molecule has 1 unspecified atom stereocenters. The van der Waals surface area contributed by atoms with Gasteiger partial charge in [-0.3, -0.25) is 19.8 Å². The summed E-state index contributed by atoms with van der Waals surface area (Å²) in [6, 6.07) is 4.83. The summed E-state index contributed by atoms with van der Waals surface area (Å²) < 4.78 is 5.30. The lowest BCUT2D eigenvalue weighted by atomic mass is 10.0. The van der Waals surface area contributed by atoms with Gasteiger partial charge in [-0.1, -0.05) is 43.4 Å². The van der Waals surface area contributed by atoms with Crippen LogP contribution < -0.4 is 10.6 Å². The Balaban J connectivity index is 2.09. The monoisotopic (exact) mass is 505 g/mol. The fraction of sp³-hybridized carbons (Fsp3) is 0.577. The Hall–Kier alpha value is -2.60. The van der Waals surface area contributed by atoms with Crippen molar-refractivity contribution in [3.05, 3.63) is 34.3 Å². The fourth-order valence-corrected chi connectivity index (χ4v) is 3.78. The van der Waals surface area contributed by atoms with Crippen molar-refractivity contribution >= 4 is 29.5 Å². The van der Waals surface area contributed by atoms with E-state index in [0.717, 1.165) is 17.5 Å². The van der Waals surface area contributed by atoms with Crippen molar-refractivity contribution in [2.24, 2.45) is 5.92 Å². The van der Waals surface area contributed by atoms with E-state index in [1.54, 1.807) is 32.9 Å². The van der Waals surface area contributed by atoms with Gasteiger partial charge >= 0.3 is 6.09 Å². The van der Waals surface area contributed by atoms with Gasteiger partial charge in [0.15, 0.2) is 0 Å². The Morgan fingerprint density at radius 2 is 1.91 bits per heavy atom. The first-order valence-corrected chi connectivity index (χ1v) is 12.1. The molecule has 3 N–H and O–H groups in total. The lowest BCUT2D eigenvalue weighted by Gasteiger charge is -2.26. The van der Waals surface area contributed by atoms with Gasteiger partial charge in [-0.25, -0.2) is 4.79 Å². The molecule has 1 aliphatic rings. The first kappa shape index (κ1) is 28.6. The third-order valence-corrected chi connectivity index (χ3v) is 5.55. The Bertz CT molecular complexity index is 1000. The first-order chi connectivity index (χ1) is 16.2. The largest absolute Gasteiger partial charge is 0.444 e. The van der Waals surface area contributed by atoms with Crippen LogP contribution in [-0.2, 0) is 27.4 Å². The Morgan fingerprint density at radius 1 is 1.23 bits per heavy atom. The van der Waals surface area contributed by atoms with Crippen LogP contribution in [0.3, 0.4) is 0 Å². The normalized spacial score (nSPS) is 17.8. The molecule has 1 aliphatic heterocycles. The second-order valence-electron chi connectivity index (χ2n) is 10.2. The fourth-order valence-electron chi connectivity index (χ4n) is 3.59. The lowest BCUT2D eigenvalue weighted by molar-refractivity contribution is -0.140. The third-order valence-electron chi connectivity index (χ3n) is 5.31. The molecule has 1 fully saturated rings. The number of carbonyl (C=O) groups is 3. The van der Waals surface area contributed by atoms with Crippen LogP contribution in [0.25, 0.3) is 0 Å². The number of rotatable bonds is 6. The van der Waals surface area contributed by atoms with Crippen LogP contribution in [0.2, 0.25) is 5.02 Å². The van der Waals surface area contributed by atoms with Gasteiger partial charge < -0.3 is 15.2 Å². The van der Waals surface area contributed by atoms with E-state index in [2.05, 4.69) is 22.5 Å². The summed E-state index contributed by atoms with van der Waals surface area (Å²) in [6.45, 7) is 11.6. The van der Waals surface area contributed by atoms with Gasteiger partial charge in [0.1, 0.15) is 5.60 Å². The van der Waals surface area contributed by atoms with Crippen LogP contribution in [0.15, 0.2) is 18.2 Å². The van der Waals surface area contributed by atoms with E-state index in [4.69, 9.17) is 16.3 Å². The number of nitrogens with one attached hydrogen (secondary N) is 2. The molecule has 1 aromatic carbocycles. The summed E-state index contributed by atoms with van der Waals surface area (Å²) in [5.41, 5.74) is -0.869. The second-order valence-corrected chi connectivity index (χ2v) is 10.6. The number of hydrogen-bond donors (Lipinski definition) is 3. The summed E-state index contributed by atoms with van der Waals surface area (Å²) in [5.74, 6) is 3.95. The van der Waals surface area contributed by atoms with Crippen LogP contribution >= 0.6 is 11.6 Å². The maximum Gasteiger partial charge on any atom is 0.407 e. The number of likely N-dealkylation sites (tertiary alicyclic amines) is 1. The van der Waals surface area contributed by atoms with Crippen molar-refractivity contribution in [1.82, 2.24) is 15.5 Å². The van der Waals surface area contributed by atoms with E-state index in [-0.39, 0.29) is 12.5 Å². The van der Waals surface area contributed by atoms with Gasteiger partial charge in [-0.05, 0) is 70.3 Å². The van der Waals surface area contributed by atoms with Crippen LogP contribution in [-0.4, -0.2) is 51.7 Å². The van der Waals surface area contributed by atoms with E-state index in [9.17, 15) is 19.5 Å². The number of nitrogens with zero attached hydrogens (tertiary/aromatic N) is 1. The minimum atomic E-state index is -1.96. The zero-order chi connectivity index (χ0) is 26.4. The lowest BCUT2D eigenvalue weighted by Crippen LogP contribution is -2.51. The summed E-state index contributed by atoms with van der Waals surface area (Å²) in [6.07, 6.45) is 0.829. The molecule has 0 bridgehead atoms. The number of amides is 3. The minimum absolute atomic E-state index is 0.0213. The molecule has 1 heterocycles. The molecule has 0 spiro atoms. The second kappa shape index (κ2) is 11.9. The summed E-state index contributed by atoms with van der Waals surface area (Å²) in [4.78, 5) is 39.4. The van der Waals surface area contributed by atoms with Gasteiger partial charge in [0.25, 0.3) is 5.91 Å². The summed E-state index contributed by atoms with van der Waals surface area (Å²) in [5, 5.41) is 16.0. The number of halogens is 1. The van der Waals surface area contributed by atoms with Crippen LogP contribution in [0.4, 0.5) is 4.79 Å². The molecule has 0 aromatic heterocycles. The highest BCUT2D eigenvalue weighted by Gasteiger charge is 2.36. The van der Waals surface area contributed by atoms with E-state index in [1.165, 1.54) is 6.92 Å².